The first-order valence-corrected chi connectivity index (χ1v) is 7.97. The van der Waals surface area contributed by atoms with E-state index in [0.29, 0.717) is 13.0 Å². The lowest BCUT2D eigenvalue weighted by Gasteiger charge is -2.34. The molecule has 0 aromatic heterocycles. The van der Waals surface area contributed by atoms with E-state index in [1.807, 2.05) is 13.0 Å². The zero-order valence-corrected chi connectivity index (χ0v) is 13.0. The SMILES string of the molecule is CC1CC(C(=O)O)CN(C(=O)N[C@@H]2C[C@H]2c2cccc(F)c2)C1. The van der Waals surface area contributed by atoms with Gasteiger partial charge in [-0.2, -0.15) is 0 Å². The number of amides is 2. The maximum atomic E-state index is 13.2. The first-order chi connectivity index (χ1) is 10.9. The Labute approximate surface area is 134 Å². The quantitative estimate of drug-likeness (QED) is 0.899. The van der Waals surface area contributed by atoms with E-state index in [-0.39, 0.29) is 36.3 Å². The van der Waals surface area contributed by atoms with E-state index < -0.39 is 11.9 Å². The molecular formula is C17H21FN2O3. The fourth-order valence-electron chi connectivity index (χ4n) is 3.41. The molecule has 4 atom stereocenters. The first kappa shape index (κ1) is 15.8. The van der Waals surface area contributed by atoms with Crippen molar-refractivity contribution in [2.24, 2.45) is 11.8 Å². The Morgan fingerprint density at radius 3 is 2.78 bits per heavy atom. The van der Waals surface area contributed by atoms with Gasteiger partial charge in [0, 0.05) is 25.0 Å². The molecule has 1 saturated carbocycles. The number of carboxylic acids is 1. The van der Waals surface area contributed by atoms with E-state index in [4.69, 9.17) is 0 Å². The average Bonchev–Trinajstić information content (AvgIpc) is 3.25. The molecule has 5 nitrogen and oxygen atoms in total. The number of hydrogen-bond donors (Lipinski definition) is 2. The van der Waals surface area contributed by atoms with Crippen LogP contribution < -0.4 is 5.32 Å². The molecule has 1 aliphatic carbocycles. The number of carboxylic acid groups (broad SMARTS) is 1. The highest BCUT2D eigenvalue weighted by Gasteiger charge is 2.41. The number of benzene rings is 1. The Morgan fingerprint density at radius 1 is 1.30 bits per heavy atom. The number of aliphatic carboxylic acids is 1. The fourth-order valence-corrected chi connectivity index (χ4v) is 3.41. The van der Waals surface area contributed by atoms with Gasteiger partial charge in [0.15, 0.2) is 0 Å². The van der Waals surface area contributed by atoms with Crippen molar-refractivity contribution in [1.29, 1.82) is 0 Å². The van der Waals surface area contributed by atoms with E-state index in [2.05, 4.69) is 5.32 Å². The average molecular weight is 320 g/mol. The zero-order chi connectivity index (χ0) is 16.6. The third-order valence-corrected chi connectivity index (χ3v) is 4.67. The van der Waals surface area contributed by atoms with Crippen molar-refractivity contribution in [3.05, 3.63) is 35.6 Å². The summed E-state index contributed by atoms with van der Waals surface area (Å²) < 4.78 is 13.2. The lowest BCUT2D eigenvalue weighted by molar-refractivity contribution is -0.143. The molecule has 0 spiro atoms. The lowest BCUT2D eigenvalue weighted by atomic mass is 9.91. The smallest absolute Gasteiger partial charge is 0.317 e. The van der Waals surface area contributed by atoms with E-state index in [1.54, 1.807) is 11.0 Å². The molecule has 1 aliphatic heterocycles. The molecule has 0 bridgehead atoms. The lowest BCUT2D eigenvalue weighted by Crippen LogP contribution is -2.50. The van der Waals surface area contributed by atoms with Crippen molar-refractivity contribution < 1.29 is 19.1 Å². The first-order valence-electron chi connectivity index (χ1n) is 7.97. The number of nitrogens with zero attached hydrogens (tertiary/aromatic N) is 1. The Hall–Kier alpha value is -2.11. The molecule has 1 saturated heterocycles. The van der Waals surface area contributed by atoms with Gasteiger partial charge >= 0.3 is 12.0 Å². The summed E-state index contributed by atoms with van der Waals surface area (Å²) >= 11 is 0. The summed E-state index contributed by atoms with van der Waals surface area (Å²) in [5, 5.41) is 12.1. The molecule has 2 unspecified atom stereocenters. The van der Waals surface area contributed by atoms with Crippen molar-refractivity contribution in [3.63, 3.8) is 0 Å². The number of carbonyl (C=O) groups is 2. The minimum absolute atomic E-state index is 0.00445. The number of rotatable bonds is 3. The van der Waals surface area contributed by atoms with Crippen LogP contribution in [0, 0.1) is 17.7 Å². The number of piperidine rings is 1. The van der Waals surface area contributed by atoms with Crippen LogP contribution >= 0.6 is 0 Å². The Balaban J connectivity index is 1.57. The summed E-state index contributed by atoms with van der Waals surface area (Å²) in [6, 6.07) is 6.23. The molecular weight excluding hydrogens is 299 g/mol. The van der Waals surface area contributed by atoms with Crippen molar-refractivity contribution in [3.8, 4) is 0 Å². The van der Waals surface area contributed by atoms with Crippen LogP contribution in [0.1, 0.15) is 31.2 Å². The van der Waals surface area contributed by atoms with Crippen molar-refractivity contribution in [1.82, 2.24) is 10.2 Å². The van der Waals surface area contributed by atoms with Gasteiger partial charge in [-0.05, 0) is 36.5 Å². The summed E-state index contributed by atoms with van der Waals surface area (Å²) in [5.74, 6) is -1.30. The zero-order valence-electron chi connectivity index (χ0n) is 13.0. The largest absolute Gasteiger partial charge is 0.481 e. The van der Waals surface area contributed by atoms with Gasteiger partial charge in [-0.1, -0.05) is 19.1 Å². The van der Waals surface area contributed by atoms with Gasteiger partial charge in [-0.25, -0.2) is 9.18 Å². The van der Waals surface area contributed by atoms with Crippen LogP contribution in [0.15, 0.2) is 24.3 Å². The monoisotopic (exact) mass is 320 g/mol. The predicted octanol–water partition coefficient (Wildman–Crippen LogP) is 2.43. The molecule has 3 rings (SSSR count). The molecule has 2 fully saturated rings. The number of urea groups is 1. The summed E-state index contributed by atoms with van der Waals surface area (Å²) in [5.41, 5.74) is 0.894. The highest BCUT2D eigenvalue weighted by atomic mass is 19.1. The van der Waals surface area contributed by atoms with Gasteiger partial charge in [0.2, 0.25) is 0 Å². The number of halogens is 1. The summed E-state index contributed by atoms with van der Waals surface area (Å²) in [7, 11) is 0. The van der Waals surface area contributed by atoms with Gasteiger partial charge < -0.3 is 15.3 Å². The molecule has 1 aromatic rings. The van der Waals surface area contributed by atoms with Gasteiger partial charge in [-0.3, -0.25) is 4.79 Å². The second kappa shape index (κ2) is 6.18. The molecule has 1 aromatic carbocycles. The van der Waals surface area contributed by atoms with E-state index in [0.717, 1.165) is 12.0 Å². The van der Waals surface area contributed by atoms with Crippen LogP contribution in [-0.4, -0.2) is 41.1 Å². The van der Waals surface area contributed by atoms with Crippen molar-refractivity contribution in [2.75, 3.05) is 13.1 Å². The van der Waals surface area contributed by atoms with Gasteiger partial charge in [0.1, 0.15) is 5.82 Å². The van der Waals surface area contributed by atoms with E-state index in [1.165, 1.54) is 12.1 Å². The standard InChI is InChI=1S/C17H21FN2O3/c1-10-5-12(16(21)22)9-20(8-10)17(23)19-15-7-14(15)11-3-2-4-13(18)6-11/h2-4,6,10,12,14-15H,5,7-9H2,1H3,(H,19,23)(H,21,22)/t10?,12?,14-,15+/m0/s1. The maximum Gasteiger partial charge on any atom is 0.317 e. The highest BCUT2D eigenvalue weighted by molar-refractivity contribution is 5.77. The molecule has 124 valence electrons. The summed E-state index contributed by atoms with van der Waals surface area (Å²) in [6.07, 6.45) is 1.40. The molecule has 2 amide bonds. The van der Waals surface area contributed by atoms with Crippen molar-refractivity contribution in [2.45, 2.75) is 31.7 Å². The Morgan fingerprint density at radius 2 is 2.09 bits per heavy atom. The molecule has 23 heavy (non-hydrogen) atoms. The van der Waals surface area contributed by atoms with Gasteiger partial charge in [0.05, 0.1) is 5.92 Å². The van der Waals surface area contributed by atoms with E-state index >= 15 is 0 Å². The molecule has 1 heterocycles. The van der Waals surface area contributed by atoms with Gasteiger partial charge in [-0.15, -0.1) is 0 Å². The third kappa shape index (κ3) is 3.63. The molecule has 2 N–H and O–H groups in total. The molecule has 6 heteroatoms. The second-order valence-corrected chi connectivity index (χ2v) is 6.73. The topological polar surface area (TPSA) is 69.6 Å². The second-order valence-electron chi connectivity index (χ2n) is 6.73. The summed E-state index contributed by atoms with van der Waals surface area (Å²) in [4.78, 5) is 25.1. The molecule has 2 aliphatic rings. The number of nitrogens with one attached hydrogen (secondary N) is 1. The predicted molar refractivity (Wildman–Crippen MR) is 82.6 cm³/mol. The minimum Gasteiger partial charge on any atom is -0.481 e. The van der Waals surface area contributed by atoms with Gasteiger partial charge in [0.25, 0.3) is 0 Å². The van der Waals surface area contributed by atoms with Crippen LogP contribution in [-0.2, 0) is 4.79 Å². The Bertz CT molecular complexity index is 622. The minimum atomic E-state index is -0.849. The van der Waals surface area contributed by atoms with Crippen LogP contribution in [0.2, 0.25) is 0 Å². The Kier molecular flexibility index (Phi) is 4.24. The fraction of sp³-hybridized carbons (Fsp3) is 0.529. The molecule has 0 radical (unpaired) electrons. The van der Waals surface area contributed by atoms with Crippen LogP contribution in [0.5, 0.6) is 0 Å². The third-order valence-electron chi connectivity index (χ3n) is 4.67. The number of likely N-dealkylation sites (tertiary alicyclic amines) is 1. The van der Waals surface area contributed by atoms with Crippen LogP contribution in [0.3, 0.4) is 0 Å². The normalized spacial score (nSPS) is 29.9. The maximum absolute atomic E-state index is 13.2. The van der Waals surface area contributed by atoms with Crippen molar-refractivity contribution >= 4 is 12.0 Å². The van der Waals surface area contributed by atoms with E-state index in [9.17, 15) is 19.1 Å². The number of hydrogen-bond acceptors (Lipinski definition) is 2. The van der Waals surface area contributed by atoms with Crippen LogP contribution in [0.25, 0.3) is 0 Å². The highest BCUT2D eigenvalue weighted by Crippen LogP contribution is 2.41. The summed E-state index contributed by atoms with van der Waals surface area (Å²) in [6.45, 7) is 2.79. The van der Waals surface area contributed by atoms with Crippen LogP contribution in [0.4, 0.5) is 9.18 Å². The number of carbonyl (C=O) groups excluding carboxylic acids is 1.